The van der Waals surface area contributed by atoms with Crippen molar-refractivity contribution in [2.24, 2.45) is 0 Å². The number of urea groups is 1. The molecule has 0 spiro atoms. The van der Waals surface area contributed by atoms with Gasteiger partial charge in [-0.1, -0.05) is 17.7 Å². The van der Waals surface area contributed by atoms with E-state index in [0.717, 1.165) is 19.3 Å². The van der Waals surface area contributed by atoms with Crippen molar-refractivity contribution in [2.75, 3.05) is 25.1 Å². The first-order valence-electron chi connectivity index (χ1n) is 8.63. The van der Waals surface area contributed by atoms with Gasteiger partial charge in [0.05, 0.1) is 12.8 Å². The van der Waals surface area contributed by atoms with E-state index in [0.29, 0.717) is 35.1 Å². The molecule has 1 heterocycles. The van der Waals surface area contributed by atoms with Crippen molar-refractivity contribution >= 4 is 29.2 Å². The van der Waals surface area contributed by atoms with E-state index >= 15 is 0 Å². The second-order valence-electron chi connectivity index (χ2n) is 6.18. The molecule has 1 fully saturated rings. The number of amides is 3. The van der Waals surface area contributed by atoms with Crippen LogP contribution in [-0.4, -0.2) is 37.0 Å². The van der Waals surface area contributed by atoms with E-state index in [1.165, 1.54) is 4.90 Å². The van der Waals surface area contributed by atoms with Gasteiger partial charge >= 0.3 is 6.03 Å². The fourth-order valence-corrected chi connectivity index (χ4v) is 3.14. The molecule has 3 amide bonds. The Morgan fingerprint density at radius 3 is 2.38 bits per heavy atom. The van der Waals surface area contributed by atoms with E-state index < -0.39 is 0 Å². The number of imide groups is 1. The zero-order valence-corrected chi connectivity index (χ0v) is 15.4. The number of ether oxygens (including phenoxy) is 1. The average molecular weight is 373 g/mol. The summed E-state index contributed by atoms with van der Waals surface area (Å²) in [7, 11) is 1.54. The first-order chi connectivity index (χ1) is 12.6. The zero-order valence-electron chi connectivity index (χ0n) is 14.7. The molecule has 1 aliphatic heterocycles. The van der Waals surface area contributed by atoms with Crippen LogP contribution >= 0.6 is 11.6 Å². The van der Waals surface area contributed by atoms with Crippen LogP contribution in [-0.2, 0) is 0 Å². The molecule has 136 valence electrons. The van der Waals surface area contributed by atoms with E-state index in [1.54, 1.807) is 60.5 Å². The van der Waals surface area contributed by atoms with Gasteiger partial charge in [0, 0.05) is 23.7 Å². The minimum Gasteiger partial charge on any atom is -0.497 e. The van der Waals surface area contributed by atoms with Gasteiger partial charge in [-0.15, -0.1) is 0 Å². The average Bonchev–Trinajstić information content (AvgIpc) is 2.70. The Hall–Kier alpha value is -2.53. The molecule has 0 atom stereocenters. The van der Waals surface area contributed by atoms with Gasteiger partial charge < -0.3 is 9.64 Å². The summed E-state index contributed by atoms with van der Waals surface area (Å²) in [4.78, 5) is 29.2. The molecule has 2 aromatic carbocycles. The Morgan fingerprint density at radius 1 is 1.04 bits per heavy atom. The highest BCUT2D eigenvalue weighted by Crippen LogP contribution is 2.24. The van der Waals surface area contributed by atoms with Crippen LogP contribution < -0.4 is 9.64 Å². The summed E-state index contributed by atoms with van der Waals surface area (Å²) < 4.78 is 5.20. The molecule has 1 saturated heterocycles. The predicted molar refractivity (Wildman–Crippen MR) is 102 cm³/mol. The number of hydrogen-bond acceptors (Lipinski definition) is 3. The molecular formula is C20H21ClN2O3. The topological polar surface area (TPSA) is 49.9 Å². The van der Waals surface area contributed by atoms with Crippen LogP contribution in [0.1, 0.15) is 29.6 Å². The zero-order chi connectivity index (χ0) is 18.5. The van der Waals surface area contributed by atoms with Gasteiger partial charge in [0.1, 0.15) is 5.75 Å². The maximum atomic E-state index is 13.2. The molecule has 1 aliphatic rings. The molecule has 0 saturated carbocycles. The van der Waals surface area contributed by atoms with Crippen LogP contribution in [0.25, 0.3) is 0 Å². The summed E-state index contributed by atoms with van der Waals surface area (Å²) in [5.74, 6) is 0.180. The normalized spacial score (nSPS) is 14.0. The molecule has 3 rings (SSSR count). The largest absolute Gasteiger partial charge is 0.497 e. The van der Waals surface area contributed by atoms with Gasteiger partial charge in [0.15, 0.2) is 0 Å². The SMILES string of the molecule is COc1cccc(C(=O)N(C(=O)N2CCCCC2)c2ccc(Cl)cc2)c1. The fourth-order valence-electron chi connectivity index (χ4n) is 3.02. The fraction of sp³-hybridized carbons (Fsp3) is 0.300. The summed E-state index contributed by atoms with van der Waals surface area (Å²) in [6.07, 6.45) is 3.01. The maximum Gasteiger partial charge on any atom is 0.331 e. The van der Waals surface area contributed by atoms with Crippen LogP contribution in [0.3, 0.4) is 0 Å². The third kappa shape index (κ3) is 3.99. The minimum atomic E-state index is -0.387. The molecule has 0 aromatic heterocycles. The Morgan fingerprint density at radius 2 is 1.73 bits per heavy atom. The Bertz CT molecular complexity index is 786. The van der Waals surface area contributed by atoms with E-state index in [1.807, 2.05) is 0 Å². The van der Waals surface area contributed by atoms with E-state index in [9.17, 15) is 9.59 Å². The summed E-state index contributed by atoms with van der Waals surface area (Å²) in [6, 6.07) is 13.2. The summed E-state index contributed by atoms with van der Waals surface area (Å²) in [6.45, 7) is 1.32. The quantitative estimate of drug-likeness (QED) is 0.791. The number of rotatable bonds is 3. The number of methoxy groups -OCH3 is 1. The van der Waals surface area contributed by atoms with Crippen molar-refractivity contribution in [2.45, 2.75) is 19.3 Å². The third-order valence-electron chi connectivity index (χ3n) is 4.42. The molecule has 0 aliphatic carbocycles. The molecule has 5 nitrogen and oxygen atoms in total. The van der Waals surface area contributed by atoms with Crippen molar-refractivity contribution in [3.05, 3.63) is 59.1 Å². The van der Waals surface area contributed by atoms with Crippen molar-refractivity contribution in [3.8, 4) is 5.75 Å². The molecule has 0 N–H and O–H groups in total. The number of benzene rings is 2. The highest BCUT2D eigenvalue weighted by atomic mass is 35.5. The van der Waals surface area contributed by atoms with E-state index in [-0.39, 0.29) is 11.9 Å². The predicted octanol–water partition coefficient (Wildman–Crippen LogP) is 4.60. The summed E-state index contributed by atoms with van der Waals surface area (Å²) in [5, 5.41) is 0.549. The van der Waals surface area contributed by atoms with Gasteiger partial charge in [0.2, 0.25) is 0 Å². The molecule has 6 heteroatoms. The third-order valence-corrected chi connectivity index (χ3v) is 4.67. The number of carbonyl (C=O) groups excluding carboxylic acids is 2. The molecular weight excluding hydrogens is 352 g/mol. The van der Waals surface area contributed by atoms with Crippen LogP contribution in [0.4, 0.5) is 10.5 Å². The maximum absolute atomic E-state index is 13.2. The van der Waals surface area contributed by atoms with Gasteiger partial charge in [-0.05, 0) is 61.7 Å². The monoisotopic (exact) mass is 372 g/mol. The van der Waals surface area contributed by atoms with Crippen LogP contribution in [0.15, 0.2) is 48.5 Å². The number of hydrogen-bond donors (Lipinski definition) is 0. The van der Waals surface area contributed by atoms with Gasteiger partial charge in [-0.25, -0.2) is 9.69 Å². The lowest BCUT2D eigenvalue weighted by Crippen LogP contribution is -2.48. The first kappa shape index (κ1) is 18.3. The number of piperidine rings is 1. The van der Waals surface area contributed by atoms with Crippen LogP contribution in [0.5, 0.6) is 5.75 Å². The van der Waals surface area contributed by atoms with Gasteiger partial charge in [-0.2, -0.15) is 0 Å². The highest BCUT2D eigenvalue weighted by molar-refractivity contribution is 6.30. The number of halogens is 1. The van der Waals surface area contributed by atoms with Crippen molar-refractivity contribution in [1.29, 1.82) is 0 Å². The lowest BCUT2D eigenvalue weighted by molar-refractivity contribution is 0.0983. The number of likely N-dealkylation sites (tertiary alicyclic amines) is 1. The first-order valence-corrected chi connectivity index (χ1v) is 9.01. The van der Waals surface area contributed by atoms with E-state index in [4.69, 9.17) is 16.3 Å². The highest BCUT2D eigenvalue weighted by Gasteiger charge is 2.30. The van der Waals surface area contributed by atoms with Crippen molar-refractivity contribution in [3.63, 3.8) is 0 Å². The Balaban J connectivity index is 1.97. The molecule has 26 heavy (non-hydrogen) atoms. The minimum absolute atomic E-state index is 0.306. The molecule has 0 bridgehead atoms. The lowest BCUT2D eigenvalue weighted by atomic mass is 10.1. The smallest absolute Gasteiger partial charge is 0.331 e. The van der Waals surface area contributed by atoms with Crippen molar-refractivity contribution in [1.82, 2.24) is 4.90 Å². The molecule has 0 radical (unpaired) electrons. The number of anilines is 1. The molecule has 2 aromatic rings. The number of carbonyl (C=O) groups is 2. The second-order valence-corrected chi connectivity index (χ2v) is 6.62. The summed E-state index contributed by atoms with van der Waals surface area (Å²) >= 11 is 5.97. The van der Waals surface area contributed by atoms with Gasteiger partial charge in [0.25, 0.3) is 5.91 Å². The standard InChI is InChI=1S/C20H21ClN2O3/c1-26-18-7-5-6-15(14-18)19(24)23(17-10-8-16(21)9-11-17)20(25)22-12-3-2-4-13-22/h5-11,14H,2-4,12-13H2,1H3. The summed E-state index contributed by atoms with van der Waals surface area (Å²) in [5.41, 5.74) is 0.891. The molecule has 0 unspecified atom stereocenters. The Labute approximate surface area is 158 Å². The van der Waals surface area contributed by atoms with Crippen LogP contribution in [0.2, 0.25) is 5.02 Å². The number of nitrogens with zero attached hydrogens (tertiary/aromatic N) is 2. The van der Waals surface area contributed by atoms with Gasteiger partial charge in [-0.3, -0.25) is 4.79 Å². The second kappa shape index (κ2) is 8.23. The van der Waals surface area contributed by atoms with E-state index in [2.05, 4.69) is 0 Å². The van der Waals surface area contributed by atoms with Crippen molar-refractivity contribution < 1.29 is 14.3 Å². The Kier molecular flexibility index (Phi) is 5.78. The van der Waals surface area contributed by atoms with Crippen LogP contribution in [0, 0.1) is 0 Å². The lowest BCUT2D eigenvalue weighted by Gasteiger charge is -2.32.